The predicted molar refractivity (Wildman–Crippen MR) is 134 cm³/mol. The van der Waals surface area contributed by atoms with Crippen molar-refractivity contribution in [3.05, 3.63) is 83.4 Å². The molecule has 1 aliphatic heterocycles. The normalized spacial score (nSPS) is 13.9. The van der Waals surface area contributed by atoms with Gasteiger partial charge in [0.1, 0.15) is 0 Å². The zero-order chi connectivity index (χ0) is 22.8. The second kappa shape index (κ2) is 9.08. The molecular weight excluding hydrogens is 434 g/mol. The van der Waals surface area contributed by atoms with E-state index in [2.05, 4.69) is 50.7 Å². The molecule has 1 N–H and O–H groups in total. The number of nitrogens with one attached hydrogen (secondary N) is 1. The Morgan fingerprint density at radius 2 is 1.67 bits per heavy atom. The van der Waals surface area contributed by atoms with Gasteiger partial charge in [0.15, 0.2) is 5.82 Å². The largest absolute Gasteiger partial charge is 0.352 e. The molecule has 7 heteroatoms. The number of nitrogens with zero attached hydrogens (tertiary/aromatic N) is 4. The molecule has 1 aliphatic rings. The number of rotatable bonds is 3. The molecule has 0 saturated carbocycles. The number of aromatic nitrogens is 2. The van der Waals surface area contributed by atoms with E-state index in [4.69, 9.17) is 11.6 Å². The highest BCUT2D eigenvalue weighted by Gasteiger charge is 2.22. The van der Waals surface area contributed by atoms with Crippen LogP contribution in [-0.4, -0.2) is 47.3 Å². The Balaban J connectivity index is 1.22. The number of carbonyl (C=O) groups is 1. The van der Waals surface area contributed by atoms with Crippen LogP contribution in [0.4, 0.5) is 16.3 Å². The molecule has 0 atom stereocenters. The van der Waals surface area contributed by atoms with Gasteiger partial charge in [-0.3, -0.25) is 0 Å². The first kappa shape index (κ1) is 21.2. The summed E-state index contributed by atoms with van der Waals surface area (Å²) in [5, 5.41) is 14.8. The third kappa shape index (κ3) is 4.61. The number of fused-ring (bicyclic) bond motifs is 1. The lowest BCUT2D eigenvalue weighted by molar-refractivity contribution is 0.208. The monoisotopic (exact) mass is 457 g/mol. The number of benzene rings is 3. The standard InChI is InChI=1S/C26H24ClN5O/c1-18-6-9-22(27)24(16-18)28-26(33)32-14-12-31(13-15-32)25-11-10-23(29-30-25)21-8-7-19-4-2-3-5-20(19)17-21/h2-11,16-17H,12-15H2,1H3,(H,28,33). The molecule has 0 aliphatic carbocycles. The molecule has 2 heterocycles. The summed E-state index contributed by atoms with van der Waals surface area (Å²) in [6.45, 7) is 4.56. The smallest absolute Gasteiger partial charge is 0.322 e. The second-order valence-electron chi connectivity index (χ2n) is 8.23. The molecule has 6 nitrogen and oxygen atoms in total. The summed E-state index contributed by atoms with van der Waals surface area (Å²) in [6, 6.07) is 24.1. The summed E-state index contributed by atoms with van der Waals surface area (Å²) in [5.74, 6) is 0.821. The van der Waals surface area contributed by atoms with Gasteiger partial charge in [0.05, 0.1) is 16.4 Å². The number of amides is 2. The summed E-state index contributed by atoms with van der Waals surface area (Å²) in [4.78, 5) is 16.6. The Morgan fingerprint density at radius 1 is 0.879 bits per heavy atom. The van der Waals surface area contributed by atoms with Crippen LogP contribution in [0.25, 0.3) is 22.0 Å². The van der Waals surface area contributed by atoms with E-state index < -0.39 is 0 Å². The van der Waals surface area contributed by atoms with Crippen LogP contribution < -0.4 is 10.2 Å². The Morgan fingerprint density at radius 3 is 2.42 bits per heavy atom. The van der Waals surface area contributed by atoms with Crippen LogP contribution in [0.2, 0.25) is 5.02 Å². The maximum Gasteiger partial charge on any atom is 0.322 e. The van der Waals surface area contributed by atoms with Crippen LogP contribution >= 0.6 is 11.6 Å². The van der Waals surface area contributed by atoms with E-state index in [0.29, 0.717) is 36.9 Å². The second-order valence-corrected chi connectivity index (χ2v) is 8.63. The molecule has 2 amide bonds. The van der Waals surface area contributed by atoms with Crippen LogP contribution in [-0.2, 0) is 0 Å². The van der Waals surface area contributed by atoms with E-state index in [-0.39, 0.29) is 6.03 Å². The maximum atomic E-state index is 12.7. The third-order valence-electron chi connectivity index (χ3n) is 5.95. The predicted octanol–water partition coefficient (Wildman–Crippen LogP) is 5.61. The van der Waals surface area contributed by atoms with Crippen molar-refractivity contribution in [3.8, 4) is 11.3 Å². The number of halogens is 1. The highest BCUT2D eigenvalue weighted by atomic mass is 35.5. The molecule has 0 bridgehead atoms. The lowest BCUT2D eigenvalue weighted by Gasteiger charge is -2.35. The first-order chi connectivity index (χ1) is 16.1. The van der Waals surface area contributed by atoms with E-state index >= 15 is 0 Å². The first-order valence-electron chi connectivity index (χ1n) is 11.0. The van der Waals surface area contributed by atoms with E-state index in [1.165, 1.54) is 10.8 Å². The van der Waals surface area contributed by atoms with Crippen molar-refractivity contribution in [2.24, 2.45) is 0 Å². The number of aryl methyl sites for hydroxylation is 1. The number of hydrogen-bond acceptors (Lipinski definition) is 4. The average Bonchev–Trinajstić information content (AvgIpc) is 2.86. The molecule has 1 aromatic heterocycles. The van der Waals surface area contributed by atoms with Gasteiger partial charge in [0, 0.05) is 31.7 Å². The molecule has 1 fully saturated rings. The molecule has 0 spiro atoms. The zero-order valence-electron chi connectivity index (χ0n) is 18.3. The molecule has 5 rings (SSSR count). The van der Waals surface area contributed by atoms with E-state index in [0.717, 1.165) is 22.6 Å². The molecule has 0 unspecified atom stereocenters. The minimum Gasteiger partial charge on any atom is -0.352 e. The van der Waals surface area contributed by atoms with Crippen molar-refractivity contribution in [2.75, 3.05) is 36.4 Å². The third-order valence-corrected chi connectivity index (χ3v) is 6.28. The van der Waals surface area contributed by atoms with Crippen molar-refractivity contribution >= 4 is 39.9 Å². The average molecular weight is 458 g/mol. The summed E-state index contributed by atoms with van der Waals surface area (Å²) < 4.78 is 0. The van der Waals surface area contributed by atoms with Gasteiger partial charge in [-0.15, -0.1) is 10.2 Å². The van der Waals surface area contributed by atoms with Gasteiger partial charge in [-0.2, -0.15) is 0 Å². The summed E-state index contributed by atoms with van der Waals surface area (Å²) >= 11 is 6.21. The topological polar surface area (TPSA) is 61.4 Å². The molecule has 166 valence electrons. The van der Waals surface area contributed by atoms with Crippen LogP contribution in [0.5, 0.6) is 0 Å². The SMILES string of the molecule is Cc1ccc(Cl)c(NC(=O)N2CCN(c3ccc(-c4ccc5ccccc5c4)nn3)CC2)c1. The van der Waals surface area contributed by atoms with Crippen LogP contribution in [0.1, 0.15) is 5.56 Å². The number of piperazine rings is 1. The number of hydrogen-bond donors (Lipinski definition) is 1. The lowest BCUT2D eigenvalue weighted by atomic mass is 10.1. The van der Waals surface area contributed by atoms with Crippen molar-refractivity contribution < 1.29 is 4.79 Å². The summed E-state index contributed by atoms with van der Waals surface area (Å²) in [6.07, 6.45) is 0. The van der Waals surface area contributed by atoms with Gasteiger partial charge in [0.2, 0.25) is 0 Å². The van der Waals surface area contributed by atoms with E-state index in [9.17, 15) is 4.79 Å². The van der Waals surface area contributed by atoms with E-state index in [1.807, 2.05) is 43.3 Å². The van der Waals surface area contributed by atoms with Crippen LogP contribution in [0.15, 0.2) is 72.8 Å². The quantitative estimate of drug-likeness (QED) is 0.434. The fraction of sp³-hybridized carbons (Fsp3) is 0.192. The summed E-state index contributed by atoms with van der Waals surface area (Å²) in [7, 11) is 0. The minimum atomic E-state index is -0.139. The van der Waals surface area contributed by atoms with Gasteiger partial charge in [-0.05, 0) is 53.6 Å². The van der Waals surface area contributed by atoms with Crippen molar-refractivity contribution in [1.29, 1.82) is 0 Å². The van der Waals surface area contributed by atoms with Crippen molar-refractivity contribution in [1.82, 2.24) is 15.1 Å². The van der Waals surface area contributed by atoms with Gasteiger partial charge >= 0.3 is 6.03 Å². The Kier molecular flexibility index (Phi) is 5.84. The summed E-state index contributed by atoms with van der Waals surface area (Å²) in [5.41, 5.74) is 3.58. The van der Waals surface area contributed by atoms with Gasteiger partial charge < -0.3 is 15.1 Å². The molecule has 1 saturated heterocycles. The number of carbonyl (C=O) groups excluding carboxylic acids is 1. The Labute approximate surface area is 197 Å². The Hall–Kier alpha value is -3.64. The molecule has 33 heavy (non-hydrogen) atoms. The highest BCUT2D eigenvalue weighted by Crippen LogP contribution is 2.25. The first-order valence-corrected chi connectivity index (χ1v) is 11.3. The molecule has 4 aromatic rings. The highest BCUT2D eigenvalue weighted by molar-refractivity contribution is 6.33. The number of anilines is 2. The fourth-order valence-electron chi connectivity index (χ4n) is 4.06. The van der Waals surface area contributed by atoms with E-state index in [1.54, 1.807) is 11.0 Å². The molecular formula is C26H24ClN5O. The van der Waals surface area contributed by atoms with Crippen molar-refractivity contribution in [2.45, 2.75) is 6.92 Å². The van der Waals surface area contributed by atoms with Crippen LogP contribution in [0.3, 0.4) is 0 Å². The lowest BCUT2D eigenvalue weighted by Crippen LogP contribution is -2.50. The zero-order valence-corrected chi connectivity index (χ0v) is 19.1. The minimum absolute atomic E-state index is 0.139. The van der Waals surface area contributed by atoms with Gasteiger partial charge in [0.25, 0.3) is 0 Å². The number of urea groups is 1. The maximum absolute atomic E-state index is 12.7. The van der Waals surface area contributed by atoms with Crippen molar-refractivity contribution in [3.63, 3.8) is 0 Å². The molecule has 0 radical (unpaired) electrons. The van der Waals surface area contributed by atoms with Crippen LogP contribution in [0, 0.1) is 6.92 Å². The van der Waals surface area contributed by atoms with Gasteiger partial charge in [-0.1, -0.05) is 54.1 Å². The van der Waals surface area contributed by atoms with Gasteiger partial charge in [-0.25, -0.2) is 4.79 Å². The Bertz CT molecular complexity index is 1300. The fourth-order valence-corrected chi connectivity index (χ4v) is 4.23. The molecule has 3 aromatic carbocycles.